The van der Waals surface area contributed by atoms with Crippen molar-refractivity contribution in [1.82, 2.24) is 26.0 Å². The number of H-pyrrole nitrogens is 2. The van der Waals surface area contributed by atoms with Crippen LogP contribution in [-0.4, -0.2) is 27.0 Å². The summed E-state index contributed by atoms with van der Waals surface area (Å²) in [7, 11) is 0. The second kappa shape index (κ2) is 6.05. The van der Waals surface area contributed by atoms with Crippen molar-refractivity contribution in [3.8, 4) is 0 Å². The highest BCUT2D eigenvalue weighted by Crippen LogP contribution is 2.06. The van der Waals surface area contributed by atoms with Crippen molar-refractivity contribution >= 4 is 11.8 Å². The number of rotatable bonds is 4. The van der Waals surface area contributed by atoms with Crippen LogP contribution in [0.4, 0.5) is 0 Å². The number of nitrogens with one attached hydrogen (secondary N) is 4. The van der Waals surface area contributed by atoms with Crippen LogP contribution in [-0.2, 0) is 6.42 Å². The van der Waals surface area contributed by atoms with E-state index in [2.05, 4.69) is 39.9 Å². The molecule has 0 spiro atoms. The predicted molar refractivity (Wildman–Crippen MR) is 72.9 cm³/mol. The molecule has 2 aromatic rings. The summed E-state index contributed by atoms with van der Waals surface area (Å²) in [6.07, 6.45) is 2.44. The Kier molecular flexibility index (Phi) is 4.19. The smallest absolute Gasteiger partial charge is 0.290 e. The zero-order valence-corrected chi connectivity index (χ0v) is 11.4. The maximum atomic E-state index is 11.8. The van der Waals surface area contributed by atoms with Gasteiger partial charge < -0.3 is 4.98 Å². The van der Waals surface area contributed by atoms with Crippen LogP contribution in [0, 0.1) is 5.92 Å². The third-order valence-electron chi connectivity index (χ3n) is 2.62. The molecule has 0 aliphatic rings. The maximum absolute atomic E-state index is 11.8. The SMILES string of the molecule is CC(C)Cc1cc(C(=O)NNC(=O)c2ccc[nH]2)n[nH]1. The van der Waals surface area contributed by atoms with Crippen LogP contribution in [0.25, 0.3) is 0 Å². The van der Waals surface area contributed by atoms with E-state index in [1.165, 1.54) is 0 Å². The Morgan fingerprint density at radius 2 is 2.05 bits per heavy atom. The molecule has 2 heterocycles. The quantitative estimate of drug-likeness (QED) is 0.626. The summed E-state index contributed by atoms with van der Waals surface area (Å²) in [5.74, 6) is -0.406. The van der Waals surface area contributed by atoms with Crippen molar-refractivity contribution < 1.29 is 9.59 Å². The summed E-state index contributed by atoms with van der Waals surface area (Å²) in [6, 6.07) is 4.98. The number of hydrazine groups is 1. The second-order valence-corrected chi connectivity index (χ2v) is 4.87. The molecule has 2 aromatic heterocycles. The molecule has 0 radical (unpaired) electrons. The number of amides is 2. The van der Waals surface area contributed by atoms with Crippen molar-refractivity contribution in [2.75, 3.05) is 0 Å². The van der Waals surface area contributed by atoms with E-state index in [0.717, 1.165) is 12.1 Å². The van der Waals surface area contributed by atoms with Gasteiger partial charge in [0, 0.05) is 11.9 Å². The molecule has 0 saturated carbocycles. The first kappa shape index (κ1) is 13.9. The molecule has 106 valence electrons. The van der Waals surface area contributed by atoms with Crippen LogP contribution in [0.2, 0.25) is 0 Å². The Hall–Kier alpha value is -2.57. The van der Waals surface area contributed by atoms with Gasteiger partial charge in [-0.3, -0.25) is 25.5 Å². The molecule has 20 heavy (non-hydrogen) atoms. The average Bonchev–Trinajstić information content (AvgIpc) is 3.05. The molecule has 0 atom stereocenters. The monoisotopic (exact) mass is 275 g/mol. The van der Waals surface area contributed by atoms with E-state index in [0.29, 0.717) is 11.6 Å². The Morgan fingerprint density at radius 1 is 1.30 bits per heavy atom. The first-order chi connectivity index (χ1) is 9.56. The van der Waals surface area contributed by atoms with Gasteiger partial charge in [-0.15, -0.1) is 0 Å². The molecule has 0 aromatic carbocycles. The number of aromatic nitrogens is 3. The lowest BCUT2D eigenvalue weighted by molar-refractivity contribution is 0.0841. The number of carbonyl (C=O) groups is 2. The van der Waals surface area contributed by atoms with Crippen LogP contribution in [0.5, 0.6) is 0 Å². The van der Waals surface area contributed by atoms with Crippen molar-refractivity contribution in [2.24, 2.45) is 5.92 Å². The summed E-state index contributed by atoms with van der Waals surface area (Å²) in [4.78, 5) is 26.1. The number of nitrogens with zero attached hydrogens (tertiary/aromatic N) is 1. The molecular weight excluding hydrogens is 258 g/mol. The standard InChI is InChI=1S/C13H17N5O2/c1-8(2)6-9-7-11(16-15-9)13(20)18-17-12(19)10-4-3-5-14-10/h3-5,7-8,14H,6H2,1-2H3,(H,15,16)(H,17,19)(H,18,20). The minimum Gasteiger partial charge on any atom is -0.357 e. The minimum absolute atomic E-state index is 0.243. The fourth-order valence-corrected chi connectivity index (χ4v) is 1.74. The average molecular weight is 275 g/mol. The molecule has 4 N–H and O–H groups in total. The summed E-state index contributed by atoms with van der Waals surface area (Å²) in [5.41, 5.74) is 6.12. The van der Waals surface area contributed by atoms with E-state index >= 15 is 0 Å². The molecule has 0 saturated heterocycles. The Morgan fingerprint density at radius 3 is 2.70 bits per heavy atom. The number of hydrogen-bond acceptors (Lipinski definition) is 3. The minimum atomic E-state index is -0.462. The third-order valence-corrected chi connectivity index (χ3v) is 2.62. The Bertz CT molecular complexity index is 586. The van der Waals surface area contributed by atoms with Gasteiger partial charge in [0.15, 0.2) is 5.69 Å². The molecule has 7 nitrogen and oxygen atoms in total. The highest BCUT2D eigenvalue weighted by molar-refractivity contribution is 5.97. The lowest BCUT2D eigenvalue weighted by Crippen LogP contribution is -2.41. The van der Waals surface area contributed by atoms with Crippen LogP contribution >= 0.6 is 0 Å². The second-order valence-electron chi connectivity index (χ2n) is 4.87. The van der Waals surface area contributed by atoms with E-state index < -0.39 is 11.8 Å². The van der Waals surface area contributed by atoms with Gasteiger partial charge in [-0.2, -0.15) is 5.10 Å². The highest BCUT2D eigenvalue weighted by atomic mass is 16.2. The maximum Gasteiger partial charge on any atom is 0.290 e. The zero-order chi connectivity index (χ0) is 14.5. The summed E-state index contributed by atoms with van der Waals surface area (Å²) >= 11 is 0. The Labute approximate surface area is 116 Å². The van der Waals surface area contributed by atoms with Crippen molar-refractivity contribution in [3.05, 3.63) is 41.5 Å². The fraction of sp³-hybridized carbons (Fsp3) is 0.308. The molecule has 0 unspecified atom stereocenters. The number of hydrogen-bond donors (Lipinski definition) is 4. The lowest BCUT2D eigenvalue weighted by atomic mass is 10.1. The first-order valence-electron chi connectivity index (χ1n) is 6.34. The molecule has 0 aliphatic carbocycles. The van der Waals surface area contributed by atoms with Crippen LogP contribution in [0.3, 0.4) is 0 Å². The predicted octanol–water partition coefficient (Wildman–Crippen LogP) is 1.01. The van der Waals surface area contributed by atoms with Crippen LogP contribution in [0.15, 0.2) is 24.4 Å². The van der Waals surface area contributed by atoms with Gasteiger partial charge in [0.2, 0.25) is 0 Å². The summed E-state index contributed by atoms with van der Waals surface area (Å²) in [6.45, 7) is 4.16. The molecule has 2 amide bonds. The normalized spacial score (nSPS) is 10.6. The summed E-state index contributed by atoms with van der Waals surface area (Å²) in [5, 5.41) is 6.72. The molecule has 7 heteroatoms. The van der Waals surface area contributed by atoms with Gasteiger partial charge in [0.05, 0.1) is 0 Å². The third kappa shape index (κ3) is 3.47. The van der Waals surface area contributed by atoms with E-state index in [4.69, 9.17) is 0 Å². The number of aromatic amines is 2. The Balaban J connectivity index is 1.88. The van der Waals surface area contributed by atoms with Gasteiger partial charge in [-0.25, -0.2) is 0 Å². The zero-order valence-electron chi connectivity index (χ0n) is 11.4. The van der Waals surface area contributed by atoms with E-state index in [1.54, 1.807) is 24.4 Å². The molecular formula is C13H17N5O2. The number of carbonyl (C=O) groups excluding carboxylic acids is 2. The van der Waals surface area contributed by atoms with Crippen LogP contribution in [0.1, 0.15) is 40.5 Å². The van der Waals surface area contributed by atoms with E-state index in [9.17, 15) is 9.59 Å². The van der Waals surface area contributed by atoms with Gasteiger partial charge in [-0.1, -0.05) is 13.8 Å². The largest absolute Gasteiger partial charge is 0.357 e. The fourth-order valence-electron chi connectivity index (χ4n) is 1.74. The van der Waals surface area contributed by atoms with Crippen molar-refractivity contribution in [2.45, 2.75) is 20.3 Å². The highest BCUT2D eigenvalue weighted by Gasteiger charge is 2.13. The van der Waals surface area contributed by atoms with Crippen LogP contribution < -0.4 is 10.9 Å². The van der Waals surface area contributed by atoms with Gasteiger partial charge in [0.1, 0.15) is 5.69 Å². The molecule has 0 bridgehead atoms. The van der Waals surface area contributed by atoms with Crippen molar-refractivity contribution in [3.63, 3.8) is 0 Å². The van der Waals surface area contributed by atoms with Gasteiger partial charge >= 0.3 is 0 Å². The van der Waals surface area contributed by atoms with Gasteiger partial charge in [-0.05, 0) is 30.5 Å². The van der Waals surface area contributed by atoms with E-state index in [1.807, 2.05) is 0 Å². The molecule has 2 rings (SSSR count). The molecule has 0 aliphatic heterocycles. The van der Waals surface area contributed by atoms with Gasteiger partial charge in [0.25, 0.3) is 11.8 Å². The van der Waals surface area contributed by atoms with Crippen molar-refractivity contribution in [1.29, 1.82) is 0 Å². The topological polar surface area (TPSA) is 103 Å². The first-order valence-corrected chi connectivity index (χ1v) is 6.34. The van der Waals surface area contributed by atoms with E-state index in [-0.39, 0.29) is 5.69 Å². The summed E-state index contributed by atoms with van der Waals surface area (Å²) < 4.78 is 0. The molecule has 0 fully saturated rings. The lowest BCUT2D eigenvalue weighted by Gasteiger charge is -2.04.